The number of nitrogens with one attached hydrogen (secondary N) is 2. The average molecular weight is 269 g/mol. The quantitative estimate of drug-likeness (QED) is 0.690. The van der Waals surface area contributed by atoms with Gasteiger partial charge >= 0.3 is 0 Å². The third-order valence-electron chi connectivity index (χ3n) is 2.81. The third-order valence-corrected chi connectivity index (χ3v) is 4.59. The first kappa shape index (κ1) is 12.7. The Kier molecular flexibility index (Phi) is 3.16. The second kappa shape index (κ2) is 4.49. The average Bonchev–Trinajstić information content (AvgIpc) is 2.48. The fourth-order valence-corrected chi connectivity index (χ4v) is 2.82. The Labute approximate surface area is 105 Å². The number of nitrogen functional groups attached to an aromatic ring is 1. The molecule has 4 N–H and O–H groups in total. The molecule has 6 nitrogen and oxygen atoms in total. The van der Waals surface area contributed by atoms with Gasteiger partial charge < -0.3 is 16.4 Å². The van der Waals surface area contributed by atoms with Gasteiger partial charge in [-0.05, 0) is 12.1 Å². The zero-order valence-electron chi connectivity index (χ0n) is 9.99. The van der Waals surface area contributed by atoms with Crippen LogP contribution in [0.25, 0.3) is 0 Å². The lowest BCUT2D eigenvalue weighted by Crippen LogP contribution is -2.11. The van der Waals surface area contributed by atoms with Crippen molar-refractivity contribution < 1.29 is 13.2 Å². The van der Waals surface area contributed by atoms with Gasteiger partial charge in [-0.3, -0.25) is 4.79 Å². The normalized spacial score (nSPS) is 15.3. The standard InChI is InChI=1S/C11H15N3O3S/c1-2-18(16,17)10-6-8-9(5-7(10)12)14-11(15)3-4-13-8/h5-6,13H,2-4,12H2,1H3,(H,14,15). The van der Waals surface area contributed by atoms with Crippen LogP contribution in [0.1, 0.15) is 13.3 Å². The molecule has 1 aromatic carbocycles. The van der Waals surface area contributed by atoms with E-state index in [0.717, 1.165) is 0 Å². The number of carbonyl (C=O) groups is 1. The smallest absolute Gasteiger partial charge is 0.226 e. The highest BCUT2D eigenvalue weighted by Gasteiger charge is 2.20. The van der Waals surface area contributed by atoms with E-state index in [9.17, 15) is 13.2 Å². The third kappa shape index (κ3) is 2.26. The second-order valence-electron chi connectivity index (χ2n) is 4.06. The number of carbonyl (C=O) groups excluding carboxylic acids is 1. The van der Waals surface area contributed by atoms with Crippen molar-refractivity contribution in [3.05, 3.63) is 12.1 Å². The summed E-state index contributed by atoms with van der Waals surface area (Å²) in [6, 6.07) is 2.96. The van der Waals surface area contributed by atoms with E-state index in [1.165, 1.54) is 12.1 Å². The molecular weight excluding hydrogens is 254 g/mol. The van der Waals surface area contributed by atoms with E-state index in [0.29, 0.717) is 24.3 Å². The SMILES string of the molecule is CCS(=O)(=O)c1cc2c(cc1N)NC(=O)CCN2. The number of hydrogen-bond donors (Lipinski definition) is 3. The number of rotatable bonds is 2. The van der Waals surface area contributed by atoms with Crippen LogP contribution in [-0.2, 0) is 14.6 Å². The van der Waals surface area contributed by atoms with Gasteiger partial charge in [0.1, 0.15) is 0 Å². The van der Waals surface area contributed by atoms with E-state index in [4.69, 9.17) is 5.73 Å². The molecule has 98 valence electrons. The summed E-state index contributed by atoms with van der Waals surface area (Å²) in [5, 5.41) is 5.70. The van der Waals surface area contributed by atoms with Gasteiger partial charge in [0, 0.05) is 13.0 Å². The van der Waals surface area contributed by atoms with Crippen molar-refractivity contribution in [3.8, 4) is 0 Å². The highest BCUT2D eigenvalue weighted by atomic mass is 32.2. The lowest BCUT2D eigenvalue weighted by molar-refractivity contribution is -0.115. The number of fused-ring (bicyclic) bond motifs is 1. The zero-order chi connectivity index (χ0) is 13.3. The lowest BCUT2D eigenvalue weighted by atomic mass is 10.2. The van der Waals surface area contributed by atoms with Gasteiger partial charge in [0.15, 0.2) is 9.84 Å². The number of sulfone groups is 1. The molecule has 0 saturated heterocycles. The van der Waals surface area contributed by atoms with Gasteiger partial charge in [0.25, 0.3) is 0 Å². The van der Waals surface area contributed by atoms with E-state index in [-0.39, 0.29) is 22.2 Å². The summed E-state index contributed by atoms with van der Waals surface area (Å²) in [5.74, 6) is -0.130. The summed E-state index contributed by atoms with van der Waals surface area (Å²) in [7, 11) is -3.37. The molecule has 2 rings (SSSR count). The van der Waals surface area contributed by atoms with Crippen LogP contribution in [-0.4, -0.2) is 26.6 Å². The van der Waals surface area contributed by atoms with E-state index in [1.54, 1.807) is 6.92 Å². The van der Waals surface area contributed by atoms with Crippen molar-refractivity contribution in [3.63, 3.8) is 0 Å². The Hall–Kier alpha value is -1.76. The molecule has 0 aliphatic carbocycles. The molecule has 0 unspecified atom stereocenters. The maximum absolute atomic E-state index is 11.9. The molecule has 0 fully saturated rings. The predicted octanol–water partition coefficient (Wildman–Crippen LogP) is 0.817. The van der Waals surface area contributed by atoms with Crippen LogP contribution in [0.4, 0.5) is 17.1 Å². The van der Waals surface area contributed by atoms with Crippen LogP contribution < -0.4 is 16.4 Å². The topological polar surface area (TPSA) is 101 Å². The number of nitrogens with two attached hydrogens (primary N) is 1. The van der Waals surface area contributed by atoms with Crippen LogP contribution in [0, 0.1) is 0 Å². The van der Waals surface area contributed by atoms with Gasteiger partial charge in [0.2, 0.25) is 5.91 Å². The van der Waals surface area contributed by atoms with Crippen LogP contribution >= 0.6 is 0 Å². The Morgan fingerprint density at radius 1 is 1.33 bits per heavy atom. The minimum atomic E-state index is -3.37. The molecule has 0 radical (unpaired) electrons. The van der Waals surface area contributed by atoms with E-state index in [1.807, 2.05) is 0 Å². The van der Waals surface area contributed by atoms with Crippen molar-refractivity contribution >= 4 is 32.8 Å². The van der Waals surface area contributed by atoms with Crippen molar-refractivity contribution in [2.75, 3.05) is 28.7 Å². The lowest BCUT2D eigenvalue weighted by Gasteiger charge is -2.12. The minimum absolute atomic E-state index is 0.0116. The molecule has 0 bridgehead atoms. The fraction of sp³-hybridized carbons (Fsp3) is 0.364. The van der Waals surface area contributed by atoms with Gasteiger partial charge in [-0.2, -0.15) is 0 Å². The molecule has 0 saturated carbocycles. The number of hydrogen-bond acceptors (Lipinski definition) is 5. The van der Waals surface area contributed by atoms with Gasteiger partial charge in [-0.25, -0.2) is 8.42 Å². The van der Waals surface area contributed by atoms with Gasteiger partial charge in [-0.1, -0.05) is 6.92 Å². The van der Waals surface area contributed by atoms with E-state index >= 15 is 0 Å². The van der Waals surface area contributed by atoms with E-state index in [2.05, 4.69) is 10.6 Å². The Balaban J connectivity index is 2.55. The van der Waals surface area contributed by atoms with Crippen molar-refractivity contribution in [1.29, 1.82) is 0 Å². The molecule has 7 heteroatoms. The first-order valence-corrected chi connectivity index (χ1v) is 7.29. The van der Waals surface area contributed by atoms with E-state index < -0.39 is 9.84 Å². The second-order valence-corrected chi connectivity index (χ2v) is 6.31. The number of benzene rings is 1. The summed E-state index contributed by atoms with van der Waals surface area (Å²) in [6.07, 6.45) is 0.338. The van der Waals surface area contributed by atoms with Gasteiger partial charge in [-0.15, -0.1) is 0 Å². The molecule has 0 aromatic heterocycles. The Morgan fingerprint density at radius 2 is 2.06 bits per heavy atom. The molecule has 1 heterocycles. The summed E-state index contributed by atoms with van der Waals surface area (Å²) >= 11 is 0. The van der Waals surface area contributed by atoms with Crippen molar-refractivity contribution in [2.24, 2.45) is 0 Å². The molecule has 18 heavy (non-hydrogen) atoms. The van der Waals surface area contributed by atoms with Crippen molar-refractivity contribution in [1.82, 2.24) is 0 Å². The number of amides is 1. The molecule has 1 aromatic rings. The van der Waals surface area contributed by atoms with Crippen LogP contribution in [0.15, 0.2) is 17.0 Å². The molecule has 1 aliphatic heterocycles. The van der Waals surface area contributed by atoms with Crippen molar-refractivity contribution in [2.45, 2.75) is 18.2 Å². The Morgan fingerprint density at radius 3 is 2.72 bits per heavy atom. The monoisotopic (exact) mass is 269 g/mol. The summed E-state index contributed by atoms with van der Waals surface area (Å²) in [4.78, 5) is 11.5. The minimum Gasteiger partial charge on any atom is -0.398 e. The first-order chi connectivity index (χ1) is 8.44. The molecule has 1 aliphatic rings. The first-order valence-electron chi connectivity index (χ1n) is 5.64. The van der Waals surface area contributed by atoms with Crippen LogP contribution in [0.3, 0.4) is 0 Å². The zero-order valence-corrected chi connectivity index (χ0v) is 10.8. The molecular formula is C11H15N3O3S. The molecule has 0 spiro atoms. The largest absolute Gasteiger partial charge is 0.398 e. The van der Waals surface area contributed by atoms with Gasteiger partial charge in [0.05, 0.1) is 27.7 Å². The maximum Gasteiger partial charge on any atom is 0.226 e. The molecule has 0 atom stereocenters. The summed E-state index contributed by atoms with van der Waals surface area (Å²) < 4.78 is 23.7. The fourth-order valence-electron chi connectivity index (χ4n) is 1.79. The Bertz CT molecular complexity index is 596. The highest BCUT2D eigenvalue weighted by Crippen LogP contribution is 2.32. The summed E-state index contributed by atoms with van der Waals surface area (Å²) in [6.45, 7) is 2.03. The number of anilines is 3. The predicted molar refractivity (Wildman–Crippen MR) is 70.3 cm³/mol. The molecule has 1 amide bonds. The van der Waals surface area contributed by atoms with Crippen LogP contribution in [0.2, 0.25) is 0 Å². The maximum atomic E-state index is 11.9. The summed E-state index contributed by atoms with van der Waals surface area (Å²) in [5.41, 5.74) is 7.00. The van der Waals surface area contributed by atoms with Crippen LogP contribution in [0.5, 0.6) is 0 Å². The highest BCUT2D eigenvalue weighted by molar-refractivity contribution is 7.91.